The third-order valence-corrected chi connectivity index (χ3v) is 2.04. The molecule has 0 spiro atoms. The standard InChI is InChI=1S/C13H13NO3/c1-2-17-13(16)12(15)8-7-10-3-5-11(9-14)6-4-10/h3-8,12,15H,2H2,1H3/b8-7+. The smallest absolute Gasteiger partial charge is 0.339 e. The summed E-state index contributed by atoms with van der Waals surface area (Å²) < 4.78 is 4.65. The normalized spacial score (nSPS) is 12.1. The van der Waals surface area contributed by atoms with Gasteiger partial charge in [0.1, 0.15) is 0 Å². The molecular weight excluding hydrogens is 218 g/mol. The summed E-state index contributed by atoms with van der Waals surface area (Å²) in [6.07, 6.45) is 1.69. The van der Waals surface area contributed by atoms with Crippen LogP contribution in [0.4, 0.5) is 0 Å². The Bertz CT molecular complexity index is 443. The fourth-order valence-electron chi connectivity index (χ4n) is 1.18. The van der Waals surface area contributed by atoms with Crippen molar-refractivity contribution in [2.45, 2.75) is 13.0 Å². The third kappa shape index (κ3) is 4.09. The zero-order valence-electron chi connectivity index (χ0n) is 9.46. The van der Waals surface area contributed by atoms with Crippen molar-refractivity contribution in [3.8, 4) is 6.07 Å². The maximum Gasteiger partial charge on any atom is 0.339 e. The van der Waals surface area contributed by atoms with Crippen LogP contribution in [0.25, 0.3) is 6.08 Å². The molecular formula is C13H13NO3. The summed E-state index contributed by atoms with van der Waals surface area (Å²) in [5.41, 5.74) is 1.36. The van der Waals surface area contributed by atoms with Crippen molar-refractivity contribution in [1.82, 2.24) is 0 Å². The van der Waals surface area contributed by atoms with Gasteiger partial charge in [-0.1, -0.05) is 18.2 Å². The highest BCUT2D eigenvalue weighted by Gasteiger charge is 2.11. The molecule has 0 aliphatic carbocycles. The number of hydrogen-bond donors (Lipinski definition) is 1. The molecule has 1 N–H and O–H groups in total. The molecule has 1 aromatic rings. The molecule has 0 saturated heterocycles. The molecule has 4 heteroatoms. The quantitative estimate of drug-likeness (QED) is 0.797. The molecule has 88 valence electrons. The van der Waals surface area contributed by atoms with E-state index >= 15 is 0 Å². The summed E-state index contributed by atoms with van der Waals surface area (Å²) >= 11 is 0. The maximum atomic E-state index is 11.1. The molecule has 0 radical (unpaired) electrons. The number of rotatable bonds is 4. The van der Waals surface area contributed by atoms with Gasteiger partial charge in [0.25, 0.3) is 0 Å². The zero-order chi connectivity index (χ0) is 12.7. The SMILES string of the molecule is CCOC(=O)C(O)/C=C/c1ccc(C#N)cc1. The third-order valence-electron chi connectivity index (χ3n) is 2.04. The van der Waals surface area contributed by atoms with Gasteiger partial charge in [-0.15, -0.1) is 0 Å². The molecule has 4 nitrogen and oxygen atoms in total. The second-order valence-electron chi connectivity index (χ2n) is 3.29. The van der Waals surface area contributed by atoms with Gasteiger partial charge in [-0.2, -0.15) is 5.26 Å². The highest BCUT2D eigenvalue weighted by molar-refractivity contribution is 5.78. The number of esters is 1. The first-order valence-electron chi connectivity index (χ1n) is 5.20. The molecule has 0 fully saturated rings. The van der Waals surface area contributed by atoms with Crippen molar-refractivity contribution in [3.05, 3.63) is 41.5 Å². The minimum absolute atomic E-state index is 0.237. The Morgan fingerprint density at radius 1 is 1.53 bits per heavy atom. The van der Waals surface area contributed by atoms with Crippen LogP contribution in [0.5, 0.6) is 0 Å². The monoisotopic (exact) mass is 231 g/mol. The van der Waals surface area contributed by atoms with E-state index in [1.165, 1.54) is 6.08 Å². The lowest BCUT2D eigenvalue weighted by molar-refractivity contribution is -0.150. The number of ether oxygens (including phenoxy) is 1. The van der Waals surface area contributed by atoms with Crippen molar-refractivity contribution in [2.24, 2.45) is 0 Å². The van der Waals surface area contributed by atoms with Gasteiger partial charge in [-0.25, -0.2) is 4.79 Å². The average molecular weight is 231 g/mol. The van der Waals surface area contributed by atoms with E-state index in [0.29, 0.717) is 5.56 Å². The molecule has 0 aliphatic heterocycles. The molecule has 17 heavy (non-hydrogen) atoms. The molecule has 0 aromatic heterocycles. The largest absolute Gasteiger partial charge is 0.464 e. The molecule has 0 amide bonds. The minimum Gasteiger partial charge on any atom is -0.464 e. The lowest BCUT2D eigenvalue weighted by atomic mass is 10.1. The van der Waals surface area contributed by atoms with Gasteiger partial charge in [-0.05, 0) is 30.7 Å². The fraction of sp³-hybridized carbons (Fsp3) is 0.231. The van der Waals surface area contributed by atoms with Crippen molar-refractivity contribution in [2.75, 3.05) is 6.61 Å². The van der Waals surface area contributed by atoms with Crippen molar-refractivity contribution in [3.63, 3.8) is 0 Å². The Hall–Kier alpha value is -2.12. The van der Waals surface area contributed by atoms with Gasteiger partial charge >= 0.3 is 5.97 Å². The number of nitriles is 1. The van der Waals surface area contributed by atoms with Crippen LogP contribution in [0.2, 0.25) is 0 Å². The predicted molar refractivity (Wildman–Crippen MR) is 62.8 cm³/mol. The first-order valence-corrected chi connectivity index (χ1v) is 5.20. The number of nitrogens with zero attached hydrogens (tertiary/aromatic N) is 1. The highest BCUT2D eigenvalue weighted by atomic mass is 16.5. The Kier molecular flexibility index (Phi) is 4.92. The highest BCUT2D eigenvalue weighted by Crippen LogP contribution is 2.06. The van der Waals surface area contributed by atoms with E-state index in [4.69, 9.17) is 5.26 Å². The van der Waals surface area contributed by atoms with E-state index in [1.54, 1.807) is 37.3 Å². The minimum atomic E-state index is -1.26. The van der Waals surface area contributed by atoms with Gasteiger partial charge in [-0.3, -0.25) is 0 Å². The average Bonchev–Trinajstić information content (AvgIpc) is 2.36. The van der Waals surface area contributed by atoms with Crippen LogP contribution in [0.1, 0.15) is 18.1 Å². The first kappa shape index (κ1) is 12.9. The molecule has 1 rings (SSSR count). The van der Waals surface area contributed by atoms with Gasteiger partial charge in [0, 0.05) is 0 Å². The topological polar surface area (TPSA) is 70.3 Å². The molecule has 0 bridgehead atoms. The van der Waals surface area contributed by atoms with Crippen LogP contribution in [-0.2, 0) is 9.53 Å². The lowest BCUT2D eigenvalue weighted by Crippen LogP contribution is -2.20. The summed E-state index contributed by atoms with van der Waals surface area (Å²) in [5.74, 6) is -0.669. The summed E-state index contributed by atoms with van der Waals surface area (Å²) in [7, 11) is 0. The van der Waals surface area contributed by atoms with Gasteiger partial charge in [0.05, 0.1) is 18.2 Å². The van der Waals surface area contributed by atoms with Crippen molar-refractivity contribution < 1.29 is 14.6 Å². The number of hydrogen-bond acceptors (Lipinski definition) is 4. The molecule has 1 unspecified atom stereocenters. The molecule has 1 aromatic carbocycles. The summed E-state index contributed by atoms with van der Waals surface area (Å²) in [5, 5.41) is 18.0. The number of benzene rings is 1. The molecule has 0 saturated carbocycles. The summed E-state index contributed by atoms with van der Waals surface area (Å²) in [6.45, 7) is 1.91. The van der Waals surface area contributed by atoms with Gasteiger partial charge in [0.15, 0.2) is 6.10 Å². The van der Waals surface area contributed by atoms with E-state index in [1.807, 2.05) is 6.07 Å². The summed E-state index contributed by atoms with van der Waals surface area (Å²) in [4.78, 5) is 11.1. The zero-order valence-corrected chi connectivity index (χ0v) is 9.46. The lowest BCUT2D eigenvalue weighted by Gasteiger charge is -2.04. The van der Waals surface area contributed by atoms with Crippen LogP contribution < -0.4 is 0 Å². The Morgan fingerprint density at radius 3 is 2.71 bits per heavy atom. The van der Waals surface area contributed by atoms with E-state index in [-0.39, 0.29) is 6.61 Å². The second kappa shape index (κ2) is 6.46. The Morgan fingerprint density at radius 2 is 2.18 bits per heavy atom. The van der Waals surface area contributed by atoms with Gasteiger partial charge < -0.3 is 9.84 Å². The second-order valence-corrected chi connectivity index (χ2v) is 3.29. The molecule has 0 aliphatic rings. The van der Waals surface area contributed by atoms with E-state index in [9.17, 15) is 9.90 Å². The van der Waals surface area contributed by atoms with Crippen molar-refractivity contribution in [1.29, 1.82) is 5.26 Å². The van der Waals surface area contributed by atoms with E-state index in [0.717, 1.165) is 5.56 Å². The van der Waals surface area contributed by atoms with Gasteiger partial charge in [0.2, 0.25) is 0 Å². The number of carbonyl (C=O) groups excluding carboxylic acids is 1. The maximum absolute atomic E-state index is 11.1. The Labute approximate surface area is 99.8 Å². The Balaban J connectivity index is 2.64. The number of carbonyl (C=O) groups is 1. The van der Waals surface area contributed by atoms with Crippen LogP contribution >= 0.6 is 0 Å². The number of aliphatic hydroxyl groups is 1. The summed E-state index contributed by atoms with van der Waals surface area (Å²) in [6, 6.07) is 8.79. The number of aliphatic hydroxyl groups excluding tert-OH is 1. The van der Waals surface area contributed by atoms with Crippen LogP contribution in [0.3, 0.4) is 0 Å². The fourth-order valence-corrected chi connectivity index (χ4v) is 1.18. The molecule has 1 atom stereocenters. The predicted octanol–water partition coefficient (Wildman–Crippen LogP) is 1.50. The van der Waals surface area contributed by atoms with E-state index < -0.39 is 12.1 Å². The molecule has 0 heterocycles. The van der Waals surface area contributed by atoms with E-state index in [2.05, 4.69) is 4.74 Å². The van der Waals surface area contributed by atoms with Crippen LogP contribution in [0.15, 0.2) is 30.3 Å². The van der Waals surface area contributed by atoms with Crippen LogP contribution in [0, 0.1) is 11.3 Å². The van der Waals surface area contributed by atoms with Crippen molar-refractivity contribution >= 4 is 12.0 Å². The first-order chi connectivity index (χ1) is 8.17. The van der Waals surface area contributed by atoms with Crippen LogP contribution in [-0.4, -0.2) is 23.8 Å².